The van der Waals surface area contributed by atoms with Crippen molar-refractivity contribution in [3.8, 4) is 0 Å². The maximum absolute atomic E-state index is 14.5. The number of amides is 2. The fourth-order valence-corrected chi connectivity index (χ4v) is 7.02. The summed E-state index contributed by atoms with van der Waals surface area (Å²) in [5.41, 5.74) is -0.921. The van der Waals surface area contributed by atoms with Crippen LogP contribution in [0.5, 0.6) is 0 Å². The van der Waals surface area contributed by atoms with Crippen molar-refractivity contribution in [3.05, 3.63) is 61.2 Å². The second-order valence-corrected chi connectivity index (χ2v) is 11.2. The van der Waals surface area contributed by atoms with E-state index in [0.717, 1.165) is 18.4 Å². The monoisotopic (exact) mass is 552 g/mol. The first-order valence-corrected chi connectivity index (χ1v) is 14.7. The van der Waals surface area contributed by atoms with Crippen LogP contribution in [0, 0.1) is 11.8 Å². The summed E-state index contributed by atoms with van der Waals surface area (Å²) in [6.07, 6.45) is 8.58. The van der Waals surface area contributed by atoms with Gasteiger partial charge >= 0.3 is 5.97 Å². The molecular formula is C32H44N2O6. The molecule has 3 aliphatic rings. The van der Waals surface area contributed by atoms with Crippen molar-refractivity contribution in [3.63, 3.8) is 0 Å². The zero-order valence-corrected chi connectivity index (χ0v) is 23.8. The smallest absolute Gasteiger partial charge is 0.312 e. The summed E-state index contributed by atoms with van der Waals surface area (Å²) in [5, 5.41) is 9.27. The maximum atomic E-state index is 14.5. The number of rotatable bonds is 16. The minimum absolute atomic E-state index is 0.0783. The number of hydrogen-bond donors (Lipinski definition) is 1. The van der Waals surface area contributed by atoms with E-state index in [1.165, 1.54) is 0 Å². The number of nitrogens with zero attached hydrogens (tertiary/aromatic N) is 2. The molecule has 8 heteroatoms. The van der Waals surface area contributed by atoms with Gasteiger partial charge < -0.3 is 24.4 Å². The number of ether oxygens (including phenoxy) is 2. The van der Waals surface area contributed by atoms with Crippen LogP contribution in [-0.2, 0) is 30.4 Å². The number of carbonyl (C=O) groups is 3. The van der Waals surface area contributed by atoms with Gasteiger partial charge in [0.25, 0.3) is 0 Å². The first kappa shape index (κ1) is 30.0. The van der Waals surface area contributed by atoms with E-state index in [1.54, 1.807) is 22.0 Å². The molecule has 0 radical (unpaired) electrons. The van der Waals surface area contributed by atoms with Gasteiger partial charge in [0, 0.05) is 26.2 Å². The number of esters is 1. The third-order valence-corrected chi connectivity index (χ3v) is 8.90. The number of aliphatic hydroxyl groups excluding tert-OH is 1. The molecule has 1 spiro atoms. The molecule has 3 saturated heterocycles. The Morgan fingerprint density at radius 3 is 2.60 bits per heavy atom. The van der Waals surface area contributed by atoms with Crippen molar-refractivity contribution in [1.82, 2.24) is 9.80 Å². The lowest BCUT2D eigenvalue weighted by Crippen LogP contribution is -2.56. The molecule has 3 aliphatic heterocycles. The predicted octanol–water partition coefficient (Wildman–Crippen LogP) is 4.03. The largest absolute Gasteiger partial charge is 0.465 e. The van der Waals surface area contributed by atoms with E-state index in [1.807, 2.05) is 37.3 Å². The molecule has 5 atom stereocenters. The number of benzene rings is 1. The minimum atomic E-state index is -1.08. The quantitative estimate of drug-likeness (QED) is 0.189. The van der Waals surface area contributed by atoms with Gasteiger partial charge in [0.1, 0.15) is 17.6 Å². The molecular weight excluding hydrogens is 508 g/mol. The Kier molecular flexibility index (Phi) is 9.85. The molecule has 2 unspecified atom stereocenters. The van der Waals surface area contributed by atoms with Crippen LogP contribution in [0.4, 0.5) is 0 Å². The summed E-state index contributed by atoms with van der Waals surface area (Å²) < 4.78 is 12.5. The molecule has 8 nitrogen and oxygen atoms in total. The number of unbranched alkanes of at least 4 members (excludes halogenated alkanes) is 3. The van der Waals surface area contributed by atoms with Crippen LogP contribution < -0.4 is 0 Å². The number of fused-ring (bicyclic) bond motifs is 1. The van der Waals surface area contributed by atoms with Crippen LogP contribution in [0.2, 0.25) is 0 Å². The van der Waals surface area contributed by atoms with Gasteiger partial charge in [0.05, 0.1) is 18.1 Å². The zero-order chi connectivity index (χ0) is 28.8. The molecule has 0 aromatic heterocycles. The van der Waals surface area contributed by atoms with E-state index in [9.17, 15) is 19.5 Å². The molecule has 0 saturated carbocycles. The predicted molar refractivity (Wildman–Crippen MR) is 152 cm³/mol. The molecule has 2 amide bonds. The van der Waals surface area contributed by atoms with E-state index in [-0.39, 0.29) is 25.0 Å². The van der Waals surface area contributed by atoms with E-state index in [4.69, 9.17) is 9.47 Å². The molecule has 2 bridgehead atoms. The number of hydrogen-bond acceptors (Lipinski definition) is 6. The van der Waals surface area contributed by atoms with E-state index in [0.29, 0.717) is 58.2 Å². The lowest BCUT2D eigenvalue weighted by atomic mass is 9.65. The Bertz CT molecular complexity index is 1080. The maximum Gasteiger partial charge on any atom is 0.312 e. The van der Waals surface area contributed by atoms with Gasteiger partial charge in [0.15, 0.2) is 0 Å². The molecule has 3 heterocycles. The second-order valence-electron chi connectivity index (χ2n) is 11.2. The standard InChI is InChI=1S/C32H44N2O6/c1-4-7-14-22-39-30(38)26-25-28(36)34(20-12-9-13-21-35)27(32(25)18-17-31(26,6-3)40-32)29(37)33(19-5-2)23-24-15-10-8-11-16-24/h4-5,8,10-11,15-16,25-27,35H,1-2,6-7,9,12-14,17-23H2,3H3/t25-,26-,27?,31+,32?/m0/s1. The average molecular weight is 553 g/mol. The Labute approximate surface area is 238 Å². The summed E-state index contributed by atoms with van der Waals surface area (Å²) in [7, 11) is 0. The fraction of sp³-hybridized carbons (Fsp3) is 0.594. The van der Waals surface area contributed by atoms with Crippen LogP contribution in [0.1, 0.15) is 63.9 Å². The lowest BCUT2D eigenvalue weighted by molar-refractivity contribution is -0.162. The van der Waals surface area contributed by atoms with Crippen molar-refractivity contribution >= 4 is 17.8 Å². The van der Waals surface area contributed by atoms with Crippen LogP contribution in [0.25, 0.3) is 0 Å². The Morgan fingerprint density at radius 1 is 1.15 bits per heavy atom. The number of likely N-dealkylation sites (tertiary alicyclic amines) is 1. The van der Waals surface area contributed by atoms with Crippen molar-refractivity contribution in [2.45, 2.75) is 82.1 Å². The molecule has 1 aromatic carbocycles. The molecule has 0 aliphatic carbocycles. The number of aliphatic hydroxyl groups is 1. The highest BCUT2D eigenvalue weighted by molar-refractivity contribution is 5.98. The van der Waals surface area contributed by atoms with Crippen molar-refractivity contribution in [1.29, 1.82) is 0 Å². The van der Waals surface area contributed by atoms with Gasteiger partial charge in [-0.15, -0.1) is 13.2 Å². The first-order chi connectivity index (χ1) is 19.4. The van der Waals surface area contributed by atoms with Crippen LogP contribution >= 0.6 is 0 Å². The molecule has 1 aromatic rings. The van der Waals surface area contributed by atoms with E-state index in [2.05, 4.69) is 13.2 Å². The van der Waals surface area contributed by atoms with Gasteiger partial charge in [-0.1, -0.05) is 49.4 Å². The third-order valence-electron chi connectivity index (χ3n) is 8.90. The molecule has 40 heavy (non-hydrogen) atoms. The highest BCUT2D eigenvalue weighted by Gasteiger charge is 2.79. The Morgan fingerprint density at radius 2 is 1.93 bits per heavy atom. The van der Waals surface area contributed by atoms with E-state index >= 15 is 0 Å². The van der Waals surface area contributed by atoms with Crippen molar-refractivity contribution in [2.24, 2.45) is 11.8 Å². The normalized spacial score (nSPS) is 28.4. The third kappa shape index (κ3) is 5.48. The van der Waals surface area contributed by atoms with Crippen LogP contribution in [-0.4, -0.2) is 76.2 Å². The SMILES string of the molecule is C=CCCCOC(=O)[C@@H]1[C@H]2C(=O)N(CCCCCO)C(C(=O)N(CC=C)Cc3ccccc3)C23CC[C@@]1(CC)O3. The molecule has 1 N–H and O–H groups in total. The fourth-order valence-electron chi connectivity index (χ4n) is 7.02. The Hall–Kier alpha value is -2.97. The highest BCUT2D eigenvalue weighted by Crippen LogP contribution is 2.64. The zero-order valence-electron chi connectivity index (χ0n) is 23.8. The van der Waals surface area contributed by atoms with Crippen molar-refractivity contribution in [2.75, 3.05) is 26.3 Å². The van der Waals surface area contributed by atoms with Crippen LogP contribution in [0.15, 0.2) is 55.6 Å². The van der Waals surface area contributed by atoms with E-state index < -0.39 is 35.0 Å². The van der Waals surface area contributed by atoms with Gasteiger partial charge in [0.2, 0.25) is 11.8 Å². The topological polar surface area (TPSA) is 96.4 Å². The lowest BCUT2D eigenvalue weighted by Gasteiger charge is -2.37. The summed E-state index contributed by atoms with van der Waals surface area (Å²) in [6.45, 7) is 11.0. The van der Waals surface area contributed by atoms with Gasteiger partial charge in [-0.2, -0.15) is 0 Å². The minimum Gasteiger partial charge on any atom is -0.465 e. The Balaban J connectivity index is 1.69. The summed E-state index contributed by atoms with van der Waals surface area (Å²) in [4.78, 5) is 45.6. The summed E-state index contributed by atoms with van der Waals surface area (Å²) in [5.74, 6) is -2.31. The summed E-state index contributed by atoms with van der Waals surface area (Å²) in [6, 6.07) is 8.91. The first-order valence-electron chi connectivity index (χ1n) is 14.7. The number of allylic oxidation sites excluding steroid dienone is 1. The average Bonchev–Trinajstić information content (AvgIpc) is 3.57. The highest BCUT2D eigenvalue weighted by atomic mass is 16.6. The number of carbonyl (C=O) groups excluding carboxylic acids is 3. The molecule has 4 rings (SSSR count). The van der Waals surface area contributed by atoms with Crippen molar-refractivity contribution < 1.29 is 29.0 Å². The second kappa shape index (κ2) is 13.1. The van der Waals surface area contributed by atoms with Gasteiger partial charge in [-0.05, 0) is 56.9 Å². The summed E-state index contributed by atoms with van der Waals surface area (Å²) >= 11 is 0. The van der Waals surface area contributed by atoms with Crippen LogP contribution in [0.3, 0.4) is 0 Å². The van der Waals surface area contributed by atoms with Gasteiger partial charge in [-0.25, -0.2) is 0 Å². The molecule has 3 fully saturated rings. The molecule has 218 valence electrons. The van der Waals surface area contributed by atoms with Gasteiger partial charge in [-0.3, -0.25) is 14.4 Å².